The lowest BCUT2D eigenvalue weighted by molar-refractivity contribution is -0.135. The van der Waals surface area contributed by atoms with Crippen molar-refractivity contribution in [3.05, 3.63) is 11.6 Å². The molecule has 36 heavy (non-hydrogen) atoms. The molecular weight excluding hydrogens is 456 g/mol. The van der Waals surface area contributed by atoms with E-state index in [9.17, 15) is 4.79 Å². The molecule has 2 nitrogen and oxygen atoms in total. The van der Waals surface area contributed by atoms with Gasteiger partial charge in [0.05, 0.1) is 0 Å². The molecule has 4 aliphatic rings. The van der Waals surface area contributed by atoms with Crippen molar-refractivity contribution >= 4 is 14.1 Å². The highest BCUT2D eigenvalue weighted by atomic mass is 28.4. The first-order chi connectivity index (χ1) is 16.6. The van der Waals surface area contributed by atoms with Gasteiger partial charge in [-0.15, -0.1) is 0 Å². The Morgan fingerprint density at radius 1 is 1.00 bits per heavy atom. The average Bonchev–Trinajstić information content (AvgIpc) is 3.10. The highest BCUT2D eigenvalue weighted by Crippen LogP contribution is 2.67. The minimum absolute atomic E-state index is 0.203. The molecule has 4 aliphatic carbocycles. The molecule has 0 aromatic carbocycles. The topological polar surface area (TPSA) is 26.3 Å². The molecule has 1 unspecified atom stereocenters. The fourth-order valence-corrected chi connectivity index (χ4v) is 10.5. The normalized spacial score (nSPS) is 39.9. The highest BCUT2D eigenvalue weighted by molar-refractivity contribution is 6.74. The summed E-state index contributed by atoms with van der Waals surface area (Å²) in [6.07, 6.45) is 15.1. The lowest BCUT2D eigenvalue weighted by atomic mass is 9.46. The summed E-state index contributed by atoms with van der Waals surface area (Å²) < 4.78 is 6.87. The maximum Gasteiger partial charge on any atom is 0.192 e. The van der Waals surface area contributed by atoms with Crippen molar-refractivity contribution in [1.82, 2.24) is 0 Å². The van der Waals surface area contributed by atoms with Gasteiger partial charge in [0.25, 0.3) is 0 Å². The van der Waals surface area contributed by atoms with Crippen LogP contribution in [-0.2, 0) is 9.22 Å². The summed E-state index contributed by atoms with van der Waals surface area (Å²) in [6, 6.07) is 0. The zero-order valence-electron chi connectivity index (χ0n) is 25.5. The number of carbonyl (C=O) groups is 1. The first-order valence-electron chi connectivity index (χ1n) is 15.5. The highest BCUT2D eigenvalue weighted by Gasteiger charge is 2.61. The smallest absolute Gasteiger partial charge is 0.192 e. The summed E-state index contributed by atoms with van der Waals surface area (Å²) in [7, 11) is -1.80. The summed E-state index contributed by atoms with van der Waals surface area (Å²) >= 11 is 0. The van der Waals surface area contributed by atoms with E-state index in [1.54, 1.807) is 0 Å². The van der Waals surface area contributed by atoms with E-state index >= 15 is 0 Å². The van der Waals surface area contributed by atoms with Crippen molar-refractivity contribution in [2.45, 2.75) is 144 Å². The van der Waals surface area contributed by atoms with Gasteiger partial charge in [-0.05, 0) is 110 Å². The third-order valence-corrected chi connectivity index (χ3v) is 16.9. The van der Waals surface area contributed by atoms with Crippen LogP contribution in [0.25, 0.3) is 0 Å². The molecule has 3 saturated carbocycles. The molecule has 0 bridgehead atoms. The van der Waals surface area contributed by atoms with Gasteiger partial charge in [0, 0.05) is 12.0 Å². The van der Waals surface area contributed by atoms with E-state index in [1.807, 2.05) is 0 Å². The number of carbonyl (C=O) groups excluding carboxylic acids is 1. The van der Waals surface area contributed by atoms with Gasteiger partial charge in [0.1, 0.15) is 0 Å². The van der Waals surface area contributed by atoms with Crippen molar-refractivity contribution in [1.29, 1.82) is 0 Å². The Morgan fingerprint density at radius 2 is 1.69 bits per heavy atom. The van der Waals surface area contributed by atoms with E-state index in [2.05, 4.69) is 74.6 Å². The van der Waals surface area contributed by atoms with E-state index < -0.39 is 8.32 Å². The van der Waals surface area contributed by atoms with Crippen LogP contribution in [0, 0.1) is 46.3 Å². The predicted molar refractivity (Wildman–Crippen MR) is 156 cm³/mol. The molecule has 4 rings (SSSR count). The Balaban J connectivity index is 1.50. The fourth-order valence-electron chi connectivity index (χ4n) is 9.09. The average molecular weight is 515 g/mol. The lowest BCUT2D eigenvalue weighted by Crippen LogP contribution is -2.54. The van der Waals surface area contributed by atoms with Gasteiger partial charge in [0.2, 0.25) is 0 Å². The predicted octanol–water partition coefficient (Wildman–Crippen LogP) is 9.60. The van der Waals surface area contributed by atoms with Crippen LogP contribution < -0.4 is 0 Å². The van der Waals surface area contributed by atoms with Crippen molar-refractivity contribution in [3.63, 3.8) is 0 Å². The van der Waals surface area contributed by atoms with Crippen LogP contribution in [0.1, 0.15) is 120 Å². The number of hydrogen-bond donors (Lipinski definition) is 0. The minimum atomic E-state index is -1.80. The van der Waals surface area contributed by atoms with Gasteiger partial charge in [-0.3, -0.25) is 4.79 Å². The molecule has 0 spiro atoms. The first-order valence-corrected chi connectivity index (χ1v) is 18.4. The molecule has 3 fully saturated rings. The zero-order chi connectivity index (χ0) is 26.7. The minimum Gasteiger partial charge on any atom is -0.414 e. The number of rotatable bonds is 7. The molecule has 0 aromatic heterocycles. The Kier molecular flexibility index (Phi) is 7.91. The molecule has 0 aromatic rings. The van der Waals surface area contributed by atoms with Crippen LogP contribution in [0.15, 0.2) is 11.6 Å². The molecule has 3 heteroatoms. The van der Waals surface area contributed by atoms with Crippen LogP contribution >= 0.6 is 0 Å². The molecule has 206 valence electrons. The number of allylic oxidation sites excluding steroid dienone is 1. The second-order valence-electron chi connectivity index (χ2n) is 16.0. The van der Waals surface area contributed by atoms with Gasteiger partial charge >= 0.3 is 0 Å². The second kappa shape index (κ2) is 9.96. The van der Waals surface area contributed by atoms with E-state index in [0.29, 0.717) is 29.1 Å². The summed E-state index contributed by atoms with van der Waals surface area (Å²) in [4.78, 5) is 13.9. The number of hydrogen-bond acceptors (Lipinski definition) is 2. The molecule has 0 amide bonds. The molecule has 8 atom stereocenters. The fraction of sp³-hybridized carbons (Fsp3) is 0.909. The molecular formula is C33H58O2Si. The van der Waals surface area contributed by atoms with Gasteiger partial charge < -0.3 is 4.43 Å². The quantitative estimate of drug-likeness (QED) is 0.316. The SMILES string of the molecule is CC(C)CCCC(C)[C@H]1CC[C@H]2[C@@H]3C(=O)C=C4C[C@@H](O[Si](C)(C)C(C)(C)C)CC[C@]4(C)[C@H]3CC[C@]12C. The van der Waals surface area contributed by atoms with Gasteiger partial charge in [-0.2, -0.15) is 0 Å². The Morgan fingerprint density at radius 3 is 2.33 bits per heavy atom. The molecule has 0 saturated heterocycles. The maximum absolute atomic E-state index is 13.9. The summed E-state index contributed by atoms with van der Waals surface area (Å²) in [6.45, 7) is 24.1. The van der Waals surface area contributed by atoms with Crippen molar-refractivity contribution in [2.24, 2.45) is 46.3 Å². The van der Waals surface area contributed by atoms with Crippen molar-refractivity contribution in [3.8, 4) is 0 Å². The molecule has 0 radical (unpaired) electrons. The molecule has 0 aliphatic heterocycles. The maximum atomic E-state index is 13.9. The Hall–Kier alpha value is -0.413. The van der Waals surface area contributed by atoms with Crippen LogP contribution in [0.5, 0.6) is 0 Å². The summed E-state index contributed by atoms with van der Waals surface area (Å²) in [5, 5.41) is 0.231. The van der Waals surface area contributed by atoms with Crippen LogP contribution in [0.4, 0.5) is 0 Å². The number of fused-ring (bicyclic) bond motifs is 5. The monoisotopic (exact) mass is 514 g/mol. The Bertz CT molecular complexity index is 850. The van der Waals surface area contributed by atoms with Gasteiger partial charge in [-0.1, -0.05) is 80.2 Å². The zero-order valence-corrected chi connectivity index (χ0v) is 26.5. The van der Waals surface area contributed by atoms with E-state index in [4.69, 9.17) is 4.43 Å². The van der Waals surface area contributed by atoms with Crippen molar-refractivity contribution < 1.29 is 9.22 Å². The largest absolute Gasteiger partial charge is 0.414 e. The van der Waals surface area contributed by atoms with Gasteiger partial charge in [0.15, 0.2) is 14.1 Å². The molecule has 0 heterocycles. The molecule has 0 N–H and O–H groups in total. The number of ketones is 1. The Labute approximate surface area is 224 Å². The van der Waals surface area contributed by atoms with Crippen molar-refractivity contribution in [2.75, 3.05) is 0 Å². The summed E-state index contributed by atoms with van der Waals surface area (Å²) in [5.41, 5.74) is 2.00. The first kappa shape index (κ1) is 28.6. The van der Waals surface area contributed by atoms with E-state index in [-0.39, 0.29) is 16.4 Å². The third-order valence-electron chi connectivity index (χ3n) is 12.4. The van der Waals surface area contributed by atoms with E-state index in [0.717, 1.165) is 30.6 Å². The standard InChI is InChI=1S/C33H58O2Si/c1-22(2)12-11-13-23(3)26-14-15-27-30-28(17-19-33(26,27)8)32(7)18-16-25(20-24(32)21-29(30)34)35-36(9,10)31(4,5)6/h21-23,25-28,30H,11-20H2,1-10H3/t23?,25-,26+,27-,28-,30-,32-,33+/m0/s1. The van der Waals surface area contributed by atoms with Crippen LogP contribution in [-0.4, -0.2) is 20.2 Å². The third kappa shape index (κ3) is 4.98. The van der Waals surface area contributed by atoms with Gasteiger partial charge in [-0.25, -0.2) is 0 Å². The van der Waals surface area contributed by atoms with E-state index in [1.165, 1.54) is 56.9 Å². The lowest BCUT2D eigenvalue weighted by Gasteiger charge is -2.58. The van der Waals surface area contributed by atoms with Crippen LogP contribution in [0.2, 0.25) is 18.1 Å². The summed E-state index contributed by atoms with van der Waals surface area (Å²) in [5.74, 6) is 4.29. The van der Waals surface area contributed by atoms with Crippen LogP contribution in [0.3, 0.4) is 0 Å². The second-order valence-corrected chi connectivity index (χ2v) is 20.8.